The lowest BCUT2D eigenvalue weighted by atomic mass is 10.2. The third-order valence-electron chi connectivity index (χ3n) is 3.78. The number of hydrogen-bond donors (Lipinski definition) is 0. The van der Waals surface area contributed by atoms with E-state index in [1.807, 2.05) is 0 Å². The molecule has 0 rings (SSSR count). The predicted octanol–water partition coefficient (Wildman–Crippen LogP) is 5.51. The van der Waals surface area contributed by atoms with Crippen molar-refractivity contribution in [1.29, 1.82) is 0 Å². The van der Waals surface area contributed by atoms with Gasteiger partial charge in [-0.25, -0.2) is 4.79 Å². The molecule has 0 bridgehead atoms. The van der Waals surface area contributed by atoms with E-state index in [0.29, 0.717) is 12.2 Å². The molecule has 2 nitrogen and oxygen atoms in total. The molecule has 21 heavy (non-hydrogen) atoms. The van der Waals surface area contributed by atoms with E-state index in [0.717, 1.165) is 12.8 Å². The minimum atomic E-state index is -1.17. The Morgan fingerprint density at radius 2 is 1.57 bits per heavy atom. The van der Waals surface area contributed by atoms with Crippen molar-refractivity contribution in [3.63, 3.8) is 0 Å². The predicted molar refractivity (Wildman–Crippen MR) is 95.3 cm³/mol. The van der Waals surface area contributed by atoms with Gasteiger partial charge in [0.05, 0.1) is 14.7 Å². The molecule has 0 aliphatic heterocycles. The largest absolute Gasteiger partial charge is 0.462 e. The lowest BCUT2D eigenvalue weighted by Gasteiger charge is -2.24. The van der Waals surface area contributed by atoms with Crippen LogP contribution < -0.4 is 0 Å². The first-order chi connectivity index (χ1) is 9.95. The minimum absolute atomic E-state index is 0.273. The Bertz CT molecular complexity index is 337. The second kappa shape index (κ2) is 11.6. The van der Waals surface area contributed by atoms with E-state index in [4.69, 9.17) is 4.74 Å². The molecule has 0 aliphatic rings. The van der Waals surface area contributed by atoms with Crippen molar-refractivity contribution in [2.45, 2.75) is 63.7 Å². The molecule has 120 valence electrons. The van der Waals surface area contributed by atoms with Crippen LogP contribution in [0.3, 0.4) is 0 Å². The van der Waals surface area contributed by atoms with Crippen LogP contribution in [-0.2, 0) is 9.53 Å². The van der Waals surface area contributed by atoms with Gasteiger partial charge in [-0.2, -0.15) is 0 Å². The molecule has 0 aromatic rings. The van der Waals surface area contributed by atoms with Crippen molar-refractivity contribution in [2.75, 3.05) is 6.61 Å². The Balaban J connectivity index is 3.62. The van der Waals surface area contributed by atoms with Crippen LogP contribution in [-0.4, -0.2) is 20.7 Å². The average Bonchev–Trinajstić information content (AvgIpc) is 2.41. The fraction of sp³-hybridized carbons (Fsp3) is 0.611. The Morgan fingerprint density at radius 3 is 2.10 bits per heavy atom. The molecule has 0 saturated carbocycles. The maximum absolute atomic E-state index is 11.2. The second-order valence-corrected chi connectivity index (χ2v) is 11.2. The molecule has 0 fully saturated rings. The normalized spacial score (nSPS) is 11.0. The zero-order valence-electron chi connectivity index (χ0n) is 14.0. The SMILES string of the molecule is C=CC[Si](C)(CC=C)CCCCCCCOC(=O)C(=C)C. The lowest BCUT2D eigenvalue weighted by molar-refractivity contribution is -0.139. The Morgan fingerprint density at radius 1 is 1.05 bits per heavy atom. The third-order valence-corrected chi connectivity index (χ3v) is 7.89. The quantitative estimate of drug-likeness (QED) is 0.147. The average molecular weight is 309 g/mol. The summed E-state index contributed by atoms with van der Waals surface area (Å²) in [7, 11) is -1.17. The summed E-state index contributed by atoms with van der Waals surface area (Å²) in [6.07, 6.45) is 10.0. The van der Waals surface area contributed by atoms with Gasteiger partial charge in [0.15, 0.2) is 0 Å². The highest BCUT2D eigenvalue weighted by atomic mass is 28.3. The molecule has 0 heterocycles. The first kappa shape index (κ1) is 19.9. The summed E-state index contributed by atoms with van der Waals surface area (Å²) in [5.74, 6) is -0.273. The van der Waals surface area contributed by atoms with Gasteiger partial charge in [0.1, 0.15) is 0 Å². The molecule has 0 radical (unpaired) electrons. The van der Waals surface area contributed by atoms with Crippen LogP contribution in [0.25, 0.3) is 0 Å². The molecule has 3 heteroatoms. The molecule has 0 spiro atoms. The monoisotopic (exact) mass is 308 g/mol. The molecule has 0 aromatic heterocycles. The van der Waals surface area contributed by atoms with Crippen LogP contribution in [0.5, 0.6) is 0 Å². The van der Waals surface area contributed by atoms with E-state index in [2.05, 4.69) is 38.4 Å². The summed E-state index contributed by atoms with van der Waals surface area (Å²) < 4.78 is 5.07. The minimum Gasteiger partial charge on any atom is -0.462 e. The Hall–Kier alpha value is -1.09. The molecule has 0 N–H and O–H groups in total. The fourth-order valence-corrected chi connectivity index (χ4v) is 5.53. The lowest BCUT2D eigenvalue weighted by Crippen LogP contribution is -2.27. The topological polar surface area (TPSA) is 26.3 Å². The van der Waals surface area contributed by atoms with Gasteiger partial charge in [-0.3, -0.25) is 0 Å². The standard InChI is InChI=1S/C18H32O2Si/c1-6-14-21(5,15-7-2)16-12-10-8-9-11-13-20-18(19)17(3)4/h6-7H,1-3,8-16H2,4-5H3. The van der Waals surface area contributed by atoms with Crippen molar-refractivity contribution in [2.24, 2.45) is 0 Å². The van der Waals surface area contributed by atoms with Crippen molar-refractivity contribution in [3.8, 4) is 0 Å². The van der Waals surface area contributed by atoms with Crippen LogP contribution in [0, 0.1) is 0 Å². The summed E-state index contributed by atoms with van der Waals surface area (Å²) in [4.78, 5) is 11.2. The summed E-state index contributed by atoms with van der Waals surface area (Å²) in [6, 6.07) is 3.74. The molecule has 0 unspecified atom stereocenters. The van der Waals surface area contributed by atoms with Gasteiger partial charge in [-0.1, -0.05) is 57.0 Å². The zero-order valence-corrected chi connectivity index (χ0v) is 15.0. The van der Waals surface area contributed by atoms with Gasteiger partial charge in [-0.05, 0) is 25.4 Å². The molecule has 0 saturated heterocycles. The van der Waals surface area contributed by atoms with Crippen LogP contribution in [0.4, 0.5) is 0 Å². The van der Waals surface area contributed by atoms with Crippen LogP contribution >= 0.6 is 0 Å². The molecule has 0 aromatic carbocycles. The number of carbonyl (C=O) groups excluding carboxylic acids is 1. The van der Waals surface area contributed by atoms with Gasteiger partial charge in [0.25, 0.3) is 0 Å². The van der Waals surface area contributed by atoms with Gasteiger partial charge < -0.3 is 4.74 Å². The van der Waals surface area contributed by atoms with Crippen molar-refractivity contribution >= 4 is 14.0 Å². The number of unbranched alkanes of at least 4 members (excludes halogenated alkanes) is 4. The highest BCUT2D eigenvalue weighted by Crippen LogP contribution is 2.25. The van der Waals surface area contributed by atoms with E-state index in [9.17, 15) is 4.79 Å². The molecular formula is C18H32O2Si. The van der Waals surface area contributed by atoms with E-state index < -0.39 is 8.07 Å². The first-order valence-electron chi connectivity index (χ1n) is 7.99. The van der Waals surface area contributed by atoms with Crippen molar-refractivity contribution < 1.29 is 9.53 Å². The number of hydrogen-bond acceptors (Lipinski definition) is 2. The maximum atomic E-state index is 11.2. The van der Waals surface area contributed by atoms with Crippen LogP contribution in [0.1, 0.15) is 39.0 Å². The molecule has 0 amide bonds. The van der Waals surface area contributed by atoms with E-state index in [1.54, 1.807) is 6.92 Å². The molecule has 0 aliphatic carbocycles. The number of rotatable bonds is 13. The van der Waals surface area contributed by atoms with E-state index >= 15 is 0 Å². The number of esters is 1. The third kappa shape index (κ3) is 10.3. The molecular weight excluding hydrogens is 276 g/mol. The molecule has 0 atom stereocenters. The summed E-state index contributed by atoms with van der Waals surface area (Å²) >= 11 is 0. The van der Waals surface area contributed by atoms with Crippen LogP contribution in [0.15, 0.2) is 37.5 Å². The van der Waals surface area contributed by atoms with Crippen molar-refractivity contribution in [3.05, 3.63) is 37.5 Å². The Labute approximate surface area is 132 Å². The number of carbonyl (C=O) groups is 1. The first-order valence-corrected chi connectivity index (χ1v) is 11.1. The summed E-state index contributed by atoms with van der Waals surface area (Å²) in [5, 5.41) is 0. The number of ether oxygens (including phenoxy) is 1. The van der Waals surface area contributed by atoms with Crippen molar-refractivity contribution in [1.82, 2.24) is 0 Å². The van der Waals surface area contributed by atoms with E-state index in [-0.39, 0.29) is 5.97 Å². The van der Waals surface area contributed by atoms with Crippen LogP contribution in [0.2, 0.25) is 24.7 Å². The Kier molecular flexibility index (Phi) is 11.0. The maximum Gasteiger partial charge on any atom is 0.333 e. The fourth-order valence-electron chi connectivity index (χ4n) is 2.46. The van der Waals surface area contributed by atoms with Gasteiger partial charge in [-0.15, -0.1) is 13.2 Å². The van der Waals surface area contributed by atoms with Gasteiger partial charge >= 0.3 is 5.97 Å². The van der Waals surface area contributed by atoms with Gasteiger partial charge in [0.2, 0.25) is 0 Å². The zero-order chi connectivity index (χ0) is 16.1. The summed E-state index contributed by atoms with van der Waals surface area (Å²) in [6.45, 7) is 16.0. The highest BCUT2D eigenvalue weighted by Gasteiger charge is 2.22. The second-order valence-electron chi connectivity index (χ2n) is 6.23. The number of allylic oxidation sites excluding steroid dienone is 2. The highest BCUT2D eigenvalue weighted by molar-refractivity contribution is 6.79. The summed E-state index contributed by atoms with van der Waals surface area (Å²) in [5.41, 5.74) is 0.476. The van der Waals surface area contributed by atoms with Gasteiger partial charge in [0, 0.05) is 5.57 Å². The van der Waals surface area contributed by atoms with E-state index in [1.165, 1.54) is 37.4 Å². The smallest absolute Gasteiger partial charge is 0.333 e.